The van der Waals surface area contributed by atoms with E-state index < -0.39 is 0 Å². The molecule has 0 bridgehead atoms. The first-order valence-corrected chi connectivity index (χ1v) is 6.69. The second-order valence-corrected chi connectivity index (χ2v) is 5.34. The molecule has 0 spiro atoms. The number of halogens is 1. The van der Waals surface area contributed by atoms with Crippen molar-refractivity contribution < 1.29 is 0 Å². The Hall–Kier alpha value is -1.61. The summed E-state index contributed by atoms with van der Waals surface area (Å²) in [5, 5.41) is 0. The van der Waals surface area contributed by atoms with E-state index >= 15 is 0 Å². The first kappa shape index (κ1) is 11.5. The lowest BCUT2D eigenvalue weighted by Crippen LogP contribution is -1.96. The smallest absolute Gasteiger partial charge is 0.117 e. The zero-order chi connectivity index (χ0) is 12.5. The summed E-state index contributed by atoms with van der Waals surface area (Å²) >= 11 is 3.45. The number of fused-ring (bicyclic) bond motifs is 1. The van der Waals surface area contributed by atoms with Gasteiger partial charge in [0.1, 0.15) is 5.82 Å². The van der Waals surface area contributed by atoms with E-state index in [-0.39, 0.29) is 0 Å². The fourth-order valence-electron chi connectivity index (χ4n) is 2.13. The predicted molar refractivity (Wildman–Crippen MR) is 76.9 cm³/mol. The minimum atomic E-state index is 0.852. The Bertz CT molecular complexity index is 683. The molecular formula is C15H13BrN2. The molecule has 90 valence electrons. The van der Waals surface area contributed by atoms with Crippen LogP contribution in [0.1, 0.15) is 17.0 Å². The second kappa shape index (κ2) is 4.58. The third-order valence-electron chi connectivity index (χ3n) is 3.13. The number of imidazole rings is 1. The van der Waals surface area contributed by atoms with E-state index in [4.69, 9.17) is 0 Å². The molecule has 2 nitrogen and oxygen atoms in total. The molecule has 2 heterocycles. The Labute approximate surface area is 114 Å². The van der Waals surface area contributed by atoms with Crippen molar-refractivity contribution >= 4 is 21.4 Å². The first-order chi connectivity index (χ1) is 8.74. The van der Waals surface area contributed by atoms with Gasteiger partial charge in [-0.3, -0.25) is 0 Å². The summed E-state index contributed by atoms with van der Waals surface area (Å²) in [5.74, 6) is 1.08. The van der Waals surface area contributed by atoms with Gasteiger partial charge in [-0.2, -0.15) is 0 Å². The van der Waals surface area contributed by atoms with Crippen LogP contribution in [0.15, 0.2) is 53.3 Å². The van der Waals surface area contributed by atoms with E-state index in [0.29, 0.717) is 0 Å². The molecule has 3 aromatic rings. The molecule has 18 heavy (non-hydrogen) atoms. The van der Waals surface area contributed by atoms with Gasteiger partial charge in [-0.05, 0) is 36.2 Å². The van der Waals surface area contributed by atoms with E-state index in [0.717, 1.165) is 16.7 Å². The van der Waals surface area contributed by atoms with E-state index in [1.165, 1.54) is 16.6 Å². The summed E-state index contributed by atoms with van der Waals surface area (Å²) in [6, 6.07) is 12.6. The average Bonchev–Trinajstić information content (AvgIpc) is 2.77. The molecule has 0 saturated carbocycles. The number of aryl methyl sites for hydroxylation is 1. The van der Waals surface area contributed by atoms with Crippen LogP contribution in [0.5, 0.6) is 0 Å². The lowest BCUT2D eigenvalue weighted by Gasteiger charge is -2.03. The summed E-state index contributed by atoms with van der Waals surface area (Å²) in [7, 11) is 0. The largest absolute Gasteiger partial charge is 0.303 e. The molecule has 3 rings (SSSR count). The van der Waals surface area contributed by atoms with Crippen LogP contribution in [0.2, 0.25) is 0 Å². The minimum absolute atomic E-state index is 0.852. The van der Waals surface area contributed by atoms with Gasteiger partial charge < -0.3 is 4.40 Å². The van der Waals surface area contributed by atoms with E-state index in [1.807, 2.05) is 6.20 Å². The Morgan fingerprint density at radius 3 is 2.72 bits per heavy atom. The van der Waals surface area contributed by atoms with Gasteiger partial charge in [-0.25, -0.2) is 4.98 Å². The monoisotopic (exact) mass is 300 g/mol. The number of benzene rings is 1. The van der Waals surface area contributed by atoms with Crippen LogP contribution in [0.4, 0.5) is 0 Å². The highest BCUT2D eigenvalue weighted by molar-refractivity contribution is 9.10. The van der Waals surface area contributed by atoms with E-state index in [1.54, 1.807) is 0 Å². The zero-order valence-corrected chi connectivity index (χ0v) is 11.7. The summed E-state index contributed by atoms with van der Waals surface area (Å²) in [6.45, 7) is 2.11. The van der Waals surface area contributed by atoms with Crippen LogP contribution in [-0.2, 0) is 6.42 Å². The predicted octanol–water partition coefficient (Wildman–Crippen LogP) is 4.00. The zero-order valence-electron chi connectivity index (χ0n) is 10.1. The molecule has 0 atom stereocenters. The van der Waals surface area contributed by atoms with Crippen LogP contribution < -0.4 is 0 Å². The fraction of sp³-hybridized carbons (Fsp3) is 0.133. The van der Waals surface area contributed by atoms with Gasteiger partial charge in [0, 0.05) is 17.1 Å². The quantitative estimate of drug-likeness (QED) is 0.699. The van der Waals surface area contributed by atoms with Crippen LogP contribution in [0.25, 0.3) is 5.52 Å². The fourth-order valence-corrected chi connectivity index (χ4v) is 2.40. The van der Waals surface area contributed by atoms with Crippen LogP contribution in [-0.4, -0.2) is 9.38 Å². The number of nitrogens with zero attached hydrogens (tertiary/aromatic N) is 2. The Morgan fingerprint density at radius 2 is 1.94 bits per heavy atom. The highest BCUT2D eigenvalue weighted by Gasteiger charge is 2.05. The van der Waals surface area contributed by atoms with Gasteiger partial charge in [-0.1, -0.05) is 34.1 Å². The topological polar surface area (TPSA) is 17.3 Å². The van der Waals surface area contributed by atoms with Crippen molar-refractivity contribution in [2.75, 3.05) is 0 Å². The number of hydrogen-bond donors (Lipinski definition) is 0. The van der Waals surface area contributed by atoms with Crippen LogP contribution in [0.3, 0.4) is 0 Å². The van der Waals surface area contributed by atoms with Gasteiger partial charge in [-0.15, -0.1) is 0 Å². The SMILES string of the molecule is Cc1cccn2c(Cc3ccc(Br)cc3)ncc12. The Balaban J connectivity index is 2.00. The van der Waals surface area contributed by atoms with Crippen LogP contribution >= 0.6 is 15.9 Å². The summed E-state index contributed by atoms with van der Waals surface area (Å²) in [6.07, 6.45) is 4.87. The highest BCUT2D eigenvalue weighted by atomic mass is 79.9. The van der Waals surface area contributed by atoms with Crippen molar-refractivity contribution in [2.45, 2.75) is 13.3 Å². The maximum Gasteiger partial charge on any atom is 0.117 e. The van der Waals surface area contributed by atoms with E-state index in [2.05, 4.69) is 74.8 Å². The van der Waals surface area contributed by atoms with Crippen molar-refractivity contribution in [2.24, 2.45) is 0 Å². The van der Waals surface area contributed by atoms with Crippen molar-refractivity contribution in [1.82, 2.24) is 9.38 Å². The molecule has 0 fully saturated rings. The molecule has 0 radical (unpaired) electrons. The Morgan fingerprint density at radius 1 is 1.17 bits per heavy atom. The molecule has 0 aliphatic carbocycles. The maximum absolute atomic E-state index is 4.53. The molecule has 0 aliphatic rings. The minimum Gasteiger partial charge on any atom is -0.303 e. The molecule has 3 heteroatoms. The number of rotatable bonds is 2. The van der Waals surface area contributed by atoms with Gasteiger partial charge >= 0.3 is 0 Å². The maximum atomic E-state index is 4.53. The first-order valence-electron chi connectivity index (χ1n) is 5.90. The van der Waals surface area contributed by atoms with Gasteiger partial charge in [0.25, 0.3) is 0 Å². The third-order valence-corrected chi connectivity index (χ3v) is 3.66. The van der Waals surface area contributed by atoms with Crippen molar-refractivity contribution in [1.29, 1.82) is 0 Å². The normalized spacial score (nSPS) is 11.0. The summed E-state index contributed by atoms with van der Waals surface area (Å²) in [5.41, 5.74) is 3.71. The molecule has 0 aliphatic heterocycles. The highest BCUT2D eigenvalue weighted by Crippen LogP contribution is 2.16. The number of hydrogen-bond acceptors (Lipinski definition) is 1. The van der Waals surface area contributed by atoms with E-state index in [9.17, 15) is 0 Å². The number of aromatic nitrogens is 2. The lowest BCUT2D eigenvalue weighted by atomic mass is 10.1. The molecule has 0 N–H and O–H groups in total. The second-order valence-electron chi connectivity index (χ2n) is 4.42. The van der Waals surface area contributed by atoms with Crippen molar-refractivity contribution in [3.05, 3.63) is 70.2 Å². The standard InChI is InChI=1S/C15H13BrN2/c1-11-3-2-8-18-14(11)10-17-15(18)9-12-4-6-13(16)7-5-12/h2-8,10H,9H2,1H3. The van der Waals surface area contributed by atoms with Crippen LogP contribution in [0, 0.1) is 6.92 Å². The van der Waals surface area contributed by atoms with Crippen molar-refractivity contribution in [3.63, 3.8) is 0 Å². The average molecular weight is 301 g/mol. The van der Waals surface area contributed by atoms with Crippen molar-refractivity contribution in [3.8, 4) is 0 Å². The molecule has 0 unspecified atom stereocenters. The van der Waals surface area contributed by atoms with Gasteiger partial charge in [0.15, 0.2) is 0 Å². The molecule has 0 amide bonds. The summed E-state index contributed by atoms with van der Waals surface area (Å²) in [4.78, 5) is 4.53. The molecule has 2 aromatic heterocycles. The molecule has 0 saturated heterocycles. The van der Waals surface area contributed by atoms with Gasteiger partial charge in [0.05, 0.1) is 11.7 Å². The third kappa shape index (κ3) is 2.06. The molecular weight excluding hydrogens is 288 g/mol. The Kier molecular flexibility index (Phi) is 2.92. The lowest BCUT2D eigenvalue weighted by molar-refractivity contribution is 0.959. The summed E-state index contributed by atoms with van der Waals surface area (Å²) < 4.78 is 3.27. The molecule has 1 aromatic carbocycles. The van der Waals surface area contributed by atoms with Gasteiger partial charge in [0.2, 0.25) is 0 Å². The number of pyridine rings is 1.